The van der Waals surface area contributed by atoms with Crippen molar-refractivity contribution in [1.82, 2.24) is 20.4 Å². The molecule has 1 aromatic carbocycles. The molecule has 0 radical (unpaired) electrons. The molecule has 2 aromatic rings. The third-order valence-electron chi connectivity index (χ3n) is 3.80. The maximum Gasteiger partial charge on any atom is 0.437 e. The van der Waals surface area contributed by atoms with Crippen LogP contribution < -0.4 is 16.4 Å². The average molecular weight is 392 g/mol. The number of aromatic nitrogens is 2. The highest BCUT2D eigenvalue weighted by atomic mass is 19.1. The average Bonchev–Trinajstić information content (AvgIpc) is 3.37. The number of benzene rings is 1. The maximum absolute atomic E-state index is 13.0. The minimum Gasteiger partial charge on any atom is -0.451 e. The van der Waals surface area contributed by atoms with Crippen molar-refractivity contribution in [3.05, 3.63) is 40.6 Å². The Hall–Kier alpha value is -3.50. The number of ether oxygens (including phenoxy) is 1. The quantitative estimate of drug-likeness (QED) is 0.687. The number of urea groups is 1. The molecule has 1 saturated carbocycles. The van der Waals surface area contributed by atoms with Gasteiger partial charge in [-0.25, -0.2) is 14.0 Å². The van der Waals surface area contributed by atoms with Crippen LogP contribution in [0.25, 0.3) is 11.5 Å². The highest BCUT2D eigenvalue weighted by Gasteiger charge is 2.26. The lowest BCUT2D eigenvalue weighted by Crippen LogP contribution is -2.45. The van der Waals surface area contributed by atoms with Gasteiger partial charge in [0.1, 0.15) is 12.4 Å². The first-order valence-electron chi connectivity index (χ1n) is 8.46. The fraction of sp³-hybridized carbons (Fsp3) is 0.353. The van der Waals surface area contributed by atoms with Gasteiger partial charge >= 0.3 is 17.8 Å². The molecule has 1 heterocycles. The summed E-state index contributed by atoms with van der Waals surface area (Å²) in [5, 5.41) is 8.46. The van der Waals surface area contributed by atoms with Crippen LogP contribution in [0, 0.1) is 5.82 Å². The number of rotatable bonds is 6. The first-order valence-corrected chi connectivity index (χ1v) is 8.46. The fourth-order valence-corrected chi connectivity index (χ4v) is 2.19. The van der Waals surface area contributed by atoms with Gasteiger partial charge in [-0.1, -0.05) is 0 Å². The lowest BCUT2D eigenvalue weighted by Gasteiger charge is -2.12. The van der Waals surface area contributed by atoms with Crippen molar-refractivity contribution in [2.45, 2.75) is 38.5 Å². The lowest BCUT2D eigenvalue weighted by molar-refractivity contribution is -0.155. The Labute approximate surface area is 157 Å². The molecule has 0 aliphatic heterocycles. The van der Waals surface area contributed by atoms with Gasteiger partial charge in [0.2, 0.25) is 5.89 Å². The van der Waals surface area contributed by atoms with Crippen molar-refractivity contribution in [2.24, 2.45) is 0 Å². The molecule has 3 amide bonds. The van der Waals surface area contributed by atoms with Gasteiger partial charge in [0.05, 0.1) is 0 Å². The molecule has 1 aromatic heterocycles. The number of nitrogens with one attached hydrogen (secondary N) is 2. The van der Waals surface area contributed by atoms with E-state index in [0.29, 0.717) is 10.2 Å². The number of carbonyl (C=O) groups is 3. The zero-order chi connectivity index (χ0) is 20.3. The van der Waals surface area contributed by atoms with Gasteiger partial charge in [-0.15, -0.1) is 5.10 Å². The Morgan fingerprint density at radius 1 is 1.32 bits per heavy atom. The standard InChI is InChI=1S/C17H17FN4O6/c1-9(14(24)20-16(25)19-12-6-7-12)27-13(23)8-22-17(26)28-15(21-22)10-2-4-11(18)5-3-10/h2-5,9,12H,6-8H2,1H3,(H2,19,20,24,25). The number of hydrogen-bond acceptors (Lipinski definition) is 7. The van der Waals surface area contributed by atoms with Crippen LogP contribution in [0.5, 0.6) is 0 Å². The molecule has 28 heavy (non-hydrogen) atoms. The summed E-state index contributed by atoms with van der Waals surface area (Å²) in [6, 6.07) is 4.47. The van der Waals surface area contributed by atoms with Gasteiger partial charge in [-0.2, -0.15) is 4.68 Å². The number of imide groups is 1. The van der Waals surface area contributed by atoms with Gasteiger partial charge < -0.3 is 14.5 Å². The van der Waals surface area contributed by atoms with Gasteiger partial charge in [-0.05, 0) is 44.0 Å². The molecular weight excluding hydrogens is 375 g/mol. The number of amides is 3. The van der Waals surface area contributed by atoms with Gasteiger partial charge in [0, 0.05) is 11.6 Å². The molecule has 11 heteroatoms. The molecule has 1 aliphatic carbocycles. The molecule has 10 nitrogen and oxygen atoms in total. The van der Waals surface area contributed by atoms with Gasteiger partial charge in [-0.3, -0.25) is 14.9 Å². The first kappa shape index (κ1) is 19.3. The summed E-state index contributed by atoms with van der Waals surface area (Å²) in [5.41, 5.74) is 0.347. The minimum atomic E-state index is -1.25. The van der Waals surface area contributed by atoms with Crippen LogP contribution >= 0.6 is 0 Å². The lowest BCUT2D eigenvalue weighted by atomic mass is 10.2. The largest absolute Gasteiger partial charge is 0.451 e. The SMILES string of the molecule is CC(OC(=O)Cn1nc(-c2ccc(F)cc2)oc1=O)C(=O)NC(=O)NC1CC1. The fourth-order valence-electron chi connectivity index (χ4n) is 2.19. The second-order valence-corrected chi connectivity index (χ2v) is 6.21. The van der Waals surface area contributed by atoms with Crippen LogP contribution in [0.3, 0.4) is 0 Å². The molecular formula is C17H17FN4O6. The van der Waals surface area contributed by atoms with Crippen LogP contribution in [0.4, 0.5) is 9.18 Å². The highest BCUT2D eigenvalue weighted by Crippen LogP contribution is 2.18. The number of esters is 1. The Morgan fingerprint density at radius 3 is 2.64 bits per heavy atom. The monoisotopic (exact) mass is 392 g/mol. The Kier molecular flexibility index (Phi) is 5.52. The second kappa shape index (κ2) is 8.03. The summed E-state index contributed by atoms with van der Waals surface area (Å²) in [6.45, 7) is 0.683. The van der Waals surface area contributed by atoms with Crippen LogP contribution in [0.1, 0.15) is 19.8 Å². The molecule has 1 unspecified atom stereocenters. The Bertz CT molecular complexity index is 947. The van der Waals surface area contributed by atoms with Crippen molar-refractivity contribution in [1.29, 1.82) is 0 Å². The van der Waals surface area contributed by atoms with Crippen molar-refractivity contribution in [2.75, 3.05) is 0 Å². The second-order valence-electron chi connectivity index (χ2n) is 6.21. The van der Waals surface area contributed by atoms with Crippen molar-refractivity contribution in [3.8, 4) is 11.5 Å². The third kappa shape index (κ3) is 5.02. The van der Waals surface area contributed by atoms with E-state index in [-0.39, 0.29) is 11.9 Å². The Morgan fingerprint density at radius 2 is 2.00 bits per heavy atom. The van der Waals surface area contributed by atoms with E-state index in [1.54, 1.807) is 0 Å². The Balaban J connectivity index is 1.55. The van der Waals surface area contributed by atoms with E-state index < -0.39 is 42.1 Å². The van der Waals surface area contributed by atoms with E-state index in [0.717, 1.165) is 12.8 Å². The summed E-state index contributed by atoms with van der Waals surface area (Å²) < 4.78 is 23.5. The summed E-state index contributed by atoms with van der Waals surface area (Å²) in [7, 11) is 0. The van der Waals surface area contributed by atoms with Gasteiger partial charge in [0.15, 0.2) is 6.10 Å². The molecule has 0 bridgehead atoms. The summed E-state index contributed by atoms with van der Waals surface area (Å²) in [5.74, 6) is -3.21. The van der Waals surface area contributed by atoms with Crippen LogP contribution in [-0.2, 0) is 20.9 Å². The zero-order valence-corrected chi connectivity index (χ0v) is 14.8. The van der Waals surface area contributed by atoms with Crippen LogP contribution in [0.15, 0.2) is 33.5 Å². The number of carbonyl (C=O) groups excluding carboxylic acids is 3. The molecule has 3 rings (SSSR count). The molecule has 0 spiro atoms. The molecule has 1 atom stereocenters. The van der Waals surface area contributed by atoms with Crippen LogP contribution in [0.2, 0.25) is 0 Å². The van der Waals surface area contributed by atoms with E-state index >= 15 is 0 Å². The van der Waals surface area contributed by atoms with Crippen molar-refractivity contribution < 1.29 is 27.9 Å². The number of halogens is 1. The first-order chi connectivity index (χ1) is 13.3. The highest BCUT2D eigenvalue weighted by molar-refractivity contribution is 5.97. The predicted molar refractivity (Wildman–Crippen MR) is 91.4 cm³/mol. The van der Waals surface area contributed by atoms with Crippen molar-refractivity contribution >= 4 is 17.9 Å². The van der Waals surface area contributed by atoms with Crippen LogP contribution in [-0.4, -0.2) is 39.8 Å². The van der Waals surface area contributed by atoms with E-state index in [1.807, 2.05) is 0 Å². The van der Waals surface area contributed by atoms with E-state index in [9.17, 15) is 23.6 Å². The third-order valence-corrected chi connectivity index (χ3v) is 3.80. The normalized spacial score (nSPS) is 14.2. The van der Waals surface area contributed by atoms with Crippen molar-refractivity contribution in [3.63, 3.8) is 0 Å². The molecule has 1 aliphatic rings. The molecule has 1 fully saturated rings. The van der Waals surface area contributed by atoms with E-state index in [2.05, 4.69) is 15.7 Å². The summed E-state index contributed by atoms with van der Waals surface area (Å²) >= 11 is 0. The minimum absolute atomic E-state index is 0.0694. The molecule has 0 saturated heterocycles. The van der Waals surface area contributed by atoms with E-state index in [4.69, 9.17) is 9.15 Å². The van der Waals surface area contributed by atoms with E-state index in [1.165, 1.54) is 31.2 Å². The number of nitrogens with zero attached hydrogens (tertiary/aromatic N) is 2. The maximum atomic E-state index is 13.0. The predicted octanol–water partition coefficient (Wildman–Crippen LogP) is 0.562. The summed E-state index contributed by atoms with van der Waals surface area (Å²) in [4.78, 5) is 47.1. The zero-order valence-electron chi connectivity index (χ0n) is 14.8. The topological polar surface area (TPSA) is 133 Å². The molecule has 148 valence electrons. The molecule has 2 N–H and O–H groups in total. The smallest absolute Gasteiger partial charge is 0.437 e. The number of hydrogen-bond donors (Lipinski definition) is 2. The van der Waals surface area contributed by atoms with Gasteiger partial charge in [0.25, 0.3) is 5.91 Å². The summed E-state index contributed by atoms with van der Waals surface area (Å²) in [6.07, 6.45) is 0.466.